The maximum Gasteiger partial charge on any atom is 0.341 e. The summed E-state index contributed by atoms with van der Waals surface area (Å²) >= 11 is 0. The number of nitrogens with one attached hydrogen (secondary N) is 2. The summed E-state index contributed by atoms with van der Waals surface area (Å²) in [6.45, 7) is 2.52. The summed E-state index contributed by atoms with van der Waals surface area (Å²) in [4.78, 5) is 41.1. The normalized spacial score (nSPS) is 18.1. The highest BCUT2D eigenvalue weighted by atomic mass is 19.1. The summed E-state index contributed by atoms with van der Waals surface area (Å²) in [6, 6.07) is -0.0610. The van der Waals surface area contributed by atoms with Crippen LogP contribution in [0.3, 0.4) is 0 Å². The van der Waals surface area contributed by atoms with E-state index in [9.17, 15) is 19.5 Å². The van der Waals surface area contributed by atoms with Gasteiger partial charge < -0.3 is 19.5 Å². The van der Waals surface area contributed by atoms with Gasteiger partial charge in [0.2, 0.25) is 5.43 Å². The number of aromatic nitrogens is 3. The largest absolute Gasteiger partial charge is 0.477 e. The van der Waals surface area contributed by atoms with Gasteiger partial charge in [-0.25, -0.2) is 9.18 Å². The Bertz CT molecular complexity index is 1280. The Kier molecular flexibility index (Phi) is 3.82. The van der Waals surface area contributed by atoms with Crippen LogP contribution in [0.15, 0.2) is 15.8 Å². The number of carboxylic acid groups (broad SMARTS) is 1. The Morgan fingerprint density at radius 1 is 1.14 bits per heavy atom. The third kappa shape index (κ3) is 2.59. The van der Waals surface area contributed by atoms with Gasteiger partial charge >= 0.3 is 5.97 Å². The SMILES string of the molecule is CN1CCN(c2c(F)c3c(c(=O)c(C(=O)O)cn3C3CC3)c3[nH][nH]c(=O)c23)CC1. The number of piperazine rings is 1. The topological polar surface area (TPSA) is 114 Å². The van der Waals surface area contributed by atoms with Gasteiger partial charge in [-0.05, 0) is 19.9 Å². The minimum absolute atomic E-state index is 0.0548. The fourth-order valence-corrected chi connectivity index (χ4v) is 4.20. The molecule has 0 bridgehead atoms. The van der Waals surface area contributed by atoms with Crippen molar-refractivity contribution in [2.45, 2.75) is 18.9 Å². The molecule has 1 saturated carbocycles. The van der Waals surface area contributed by atoms with Gasteiger partial charge in [-0.2, -0.15) is 0 Å². The van der Waals surface area contributed by atoms with E-state index < -0.39 is 28.3 Å². The zero-order valence-corrected chi connectivity index (χ0v) is 15.8. The minimum atomic E-state index is -1.37. The lowest BCUT2D eigenvalue weighted by Crippen LogP contribution is -2.45. The molecule has 2 aliphatic rings. The van der Waals surface area contributed by atoms with E-state index >= 15 is 4.39 Å². The van der Waals surface area contributed by atoms with Gasteiger partial charge in [-0.15, -0.1) is 0 Å². The highest BCUT2D eigenvalue weighted by molar-refractivity contribution is 6.11. The fourth-order valence-electron chi connectivity index (χ4n) is 4.20. The third-order valence-electron chi connectivity index (χ3n) is 5.91. The monoisotopic (exact) mass is 401 g/mol. The lowest BCUT2D eigenvalue weighted by Gasteiger charge is -2.34. The number of carboxylic acids is 1. The van der Waals surface area contributed by atoms with Crippen LogP contribution in [0.25, 0.3) is 21.8 Å². The first-order chi connectivity index (χ1) is 13.9. The molecule has 10 heteroatoms. The number of hydrogen-bond acceptors (Lipinski definition) is 5. The second kappa shape index (κ2) is 6.18. The summed E-state index contributed by atoms with van der Waals surface area (Å²) in [6.07, 6.45) is 2.79. The molecule has 29 heavy (non-hydrogen) atoms. The van der Waals surface area contributed by atoms with E-state index in [0.717, 1.165) is 12.8 Å². The lowest BCUT2D eigenvalue weighted by atomic mass is 10.0. The molecule has 1 aliphatic carbocycles. The molecular weight excluding hydrogens is 381 g/mol. The van der Waals surface area contributed by atoms with Crippen LogP contribution in [-0.2, 0) is 0 Å². The van der Waals surface area contributed by atoms with Crippen molar-refractivity contribution in [3.05, 3.63) is 38.2 Å². The van der Waals surface area contributed by atoms with E-state index in [4.69, 9.17) is 0 Å². The van der Waals surface area contributed by atoms with E-state index in [1.54, 1.807) is 4.57 Å². The first kappa shape index (κ1) is 17.9. The number of rotatable bonds is 3. The minimum Gasteiger partial charge on any atom is -0.477 e. The summed E-state index contributed by atoms with van der Waals surface area (Å²) in [5, 5.41) is 14.6. The molecule has 1 aromatic carbocycles. The van der Waals surface area contributed by atoms with E-state index in [1.807, 2.05) is 11.9 Å². The maximum absolute atomic E-state index is 16.0. The van der Waals surface area contributed by atoms with Crippen LogP contribution >= 0.6 is 0 Å². The Morgan fingerprint density at radius 3 is 2.45 bits per heavy atom. The average molecular weight is 401 g/mol. The predicted octanol–water partition coefficient (Wildman–Crippen LogP) is 1.10. The first-order valence-corrected chi connectivity index (χ1v) is 9.56. The Labute approximate surface area is 163 Å². The van der Waals surface area contributed by atoms with E-state index in [2.05, 4.69) is 15.1 Å². The number of hydrogen-bond donors (Lipinski definition) is 3. The second-order valence-electron chi connectivity index (χ2n) is 7.82. The molecule has 2 fully saturated rings. The van der Waals surface area contributed by atoms with Crippen molar-refractivity contribution in [1.29, 1.82) is 0 Å². The molecule has 5 rings (SSSR count). The zero-order chi connectivity index (χ0) is 20.4. The highest BCUT2D eigenvalue weighted by Crippen LogP contribution is 2.41. The van der Waals surface area contributed by atoms with E-state index in [-0.39, 0.29) is 33.5 Å². The van der Waals surface area contributed by atoms with E-state index in [1.165, 1.54) is 6.20 Å². The Balaban J connectivity index is 1.93. The molecule has 0 amide bonds. The van der Waals surface area contributed by atoms with Crippen LogP contribution < -0.4 is 15.9 Å². The zero-order valence-electron chi connectivity index (χ0n) is 15.8. The van der Waals surface area contributed by atoms with Gasteiger partial charge in [0, 0.05) is 38.4 Å². The quantitative estimate of drug-likeness (QED) is 0.606. The Hall–Kier alpha value is -3.14. The number of aromatic amines is 2. The number of H-pyrrole nitrogens is 2. The number of fused-ring (bicyclic) bond motifs is 3. The van der Waals surface area contributed by atoms with Gasteiger partial charge in [0.1, 0.15) is 5.56 Å². The number of nitrogens with zero attached hydrogens (tertiary/aromatic N) is 3. The Morgan fingerprint density at radius 2 is 1.83 bits per heavy atom. The summed E-state index contributed by atoms with van der Waals surface area (Å²) in [5.41, 5.74) is -1.39. The molecule has 1 saturated heterocycles. The van der Waals surface area contributed by atoms with Crippen LogP contribution in [0, 0.1) is 5.82 Å². The standard InChI is InChI=1S/C19H20FN5O4/c1-23-4-6-24(7-5-23)15-12-14(21-22-18(12)27)11-16(13(15)20)25(9-2-3-9)8-10(17(11)26)19(28)29/h8-9H,2-7H2,1H3,(H,28,29)(H2,21,22,27). The molecule has 0 radical (unpaired) electrons. The van der Waals surface area contributed by atoms with Crippen molar-refractivity contribution < 1.29 is 14.3 Å². The number of anilines is 1. The predicted molar refractivity (Wildman–Crippen MR) is 106 cm³/mol. The van der Waals surface area contributed by atoms with E-state index in [0.29, 0.717) is 26.2 Å². The molecule has 0 spiro atoms. The number of likely N-dealkylation sites (N-methyl/N-ethyl adjacent to an activating group) is 1. The number of pyridine rings is 1. The smallest absolute Gasteiger partial charge is 0.341 e. The molecule has 2 aromatic heterocycles. The van der Waals surface area contributed by atoms with Gasteiger partial charge in [-0.3, -0.25) is 19.8 Å². The van der Waals surface area contributed by atoms with Crippen molar-refractivity contribution in [3.8, 4) is 0 Å². The van der Waals surface area contributed by atoms with Crippen molar-refractivity contribution >= 4 is 33.5 Å². The van der Waals surface area contributed by atoms with Gasteiger partial charge in [-0.1, -0.05) is 0 Å². The summed E-state index contributed by atoms with van der Waals surface area (Å²) in [5.74, 6) is -2.02. The lowest BCUT2D eigenvalue weighted by molar-refractivity contribution is 0.0695. The van der Waals surface area contributed by atoms with Crippen molar-refractivity contribution in [1.82, 2.24) is 19.7 Å². The van der Waals surface area contributed by atoms with Crippen LogP contribution in [0.2, 0.25) is 0 Å². The number of benzene rings is 1. The van der Waals surface area contributed by atoms with Crippen molar-refractivity contribution in [2.24, 2.45) is 0 Å². The highest BCUT2D eigenvalue weighted by Gasteiger charge is 2.33. The summed E-state index contributed by atoms with van der Waals surface area (Å²) in [7, 11) is 1.98. The summed E-state index contributed by atoms with van der Waals surface area (Å²) < 4.78 is 17.5. The molecule has 152 valence electrons. The molecular formula is C19H20FN5O4. The fraction of sp³-hybridized carbons (Fsp3) is 0.421. The number of carbonyl (C=O) groups is 1. The molecule has 3 aromatic rings. The maximum atomic E-state index is 16.0. The molecule has 0 unspecified atom stereocenters. The average Bonchev–Trinajstić information content (AvgIpc) is 3.46. The molecule has 0 atom stereocenters. The van der Waals surface area contributed by atoms with Crippen LogP contribution in [0.1, 0.15) is 29.2 Å². The second-order valence-corrected chi connectivity index (χ2v) is 7.82. The van der Waals surface area contributed by atoms with Gasteiger partial charge in [0.25, 0.3) is 5.56 Å². The first-order valence-electron chi connectivity index (χ1n) is 9.56. The molecule has 9 nitrogen and oxygen atoms in total. The van der Waals surface area contributed by atoms with Crippen molar-refractivity contribution in [2.75, 3.05) is 38.1 Å². The molecule has 1 aliphatic heterocycles. The van der Waals surface area contributed by atoms with Crippen LogP contribution in [0.4, 0.5) is 10.1 Å². The van der Waals surface area contributed by atoms with Crippen molar-refractivity contribution in [3.63, 3.8) is 0 Å². The number of aromatic carboxylic acids is 1. The van der Waals surface area contributed by atoms with Crippen LogP contribution in [0.5, 0.6) is 0 Å². The van der Waals surface area contributed by atoms with Gasteiger partial charge in [0.15, 0.2) is 5.82 Å². The molecule has 3 N–H and O–H groups in total. The number of halogens is 1. The molecule has 3 heterocycles. The van der Waals surface area contributed by atoms with Crippen LogP contribution in [-0.4, -0.2) is 64.0 Å². The van der Waals surface area contributed by atoms with Gasteiger partial charge in [0.05, 0.1) is 27.5 Å². The third-order valence-corrected chi connectivity index (χ3v) is 5.91.